The Labute approximate surface area is 184 Å². The van der Waals surface area contributed by atoms with E-state index < -0.39 is 15.7 Å². The zero-order valence-electron chi connectivity index (χ0n) is 17.2. The molecule has 0 fully saturated rings. The summed E-state index contributed by atoms with van der Waals surface area (Å²) in [7, 11) is -2.06. The highest BCUT2D eigenvalue weighted by Crippen LogP contribution is 2.27. The van der Waals surface area contributed by atoms with Crippen molar-refractivity contribution in [3.63, 3.8) is 0 Å². The summed E-state index contributed by atoms with van der Waals surface area (Å²) in [6, 6.07) is 18.3. The average molecular weight is 455 g/mol. The van der Waals surface area contributed by atoms with E-state index in [1.807, 2.05) is 29.7 Å². The van der Waals surface area contributed by atoms with Crippen molar-refractivity contribution < 1.29 is 17.9 Å². The topological polar surface area (TPSA) is 77.7 Å². The zero-order chi connectivity index (χ0) is 22.0. The van der Waals surface area contributed by atoms with Gasteiger partial charge in [0, 0.05) is 18.4 Å². The molecule has 0 radical (unpaired) electrons. The number of carbonyl (C=O) groups excluding carboxylic acids is 1. The monoisotopic (exact) mass is 454 g/mol. The van der Waals surface area contributed by atoms with Crippen LogP contribution in [-0.4, -0.2) is 31.8 Å². The largest absolute Gasteiger partial charge is 0.497 e. The van der Waals surface area contributed by atoms with Crippen LogP contribution in [0, 0.1) is 0 Å². The van der Waals surface area contributed by atoms with Crippen LogP contribution in [0.5, 0.6) is 5.75 Å². The van der Waals surface area contributed by atoms with Gasteiger partial charge in [0.2, 0.25) is 5.91 Å². The first-order valence-corrected chi connectivity index (χ1v) is 12.4. The Morgan fingerprint density at radius 2 is 1.81 bits per heavy atom. The van der Waals surface area contributed by atoms with Crippen LogP contribution in [0.4, 0.5) is 0 Å². The highest BCUT2D eigenvalue weighted by molar-refractivity contribution is 7.91. The first-order valence-electron chi connectivity index (χ1n) is 9.88. The van der Waals surface area contributed by atoms with Gasteiger partial charge in [-0.2, -0.15) is 4.99 Å². The number of aromatic nitrogens is 1. The summed E-state index contributed by atoms with van der Waals surface area (Å²) in [5.41, 5.74) is 1.02. The molecule has 4 aromatic rings. The van der Waals surface area contributed by atoms with E-state index >= 15 is 0 Å². The minimum absolute atomic E-state index is 0.165. The lowest BCUT2D eigenvalue weighted by Crippen LogP contribution is -2.17. The molecule has 1 amide bonds. The fourth-order valence-corrected chi connectivity index (χ4v) is 5.95. The molecule has 160 valence electrons. The van der Waals surface area contributed by atoms with Crippen molar-refractivity contribution in [1.82, 2.24) is 4.57 Å². The number of rotatable bonds is 6. The van der Waals surface area contributed by atoms with Crippen LogP contribution in [0.2, 0.25) is 0 Å². The third-order valence-corrected chi connectivity index (χ3v) is 7.97. The summed E-state index contributed by atoms with van der Waals surface area (Å²) in [6.07, 6.45) is -0.174. The van der Waals surface area contributed by atoms with Crippen LogP contribution in [-0.2, 0) is 21.2 Å². The lowest BCUT2D eigenvalue weighted by molar-refractivity contribution is -0.117. The highest BCUT2D eigenvalue weighted by atomic mass is 32.2. The molecule has 31 heavy (non-hydrogen) atoms. The molecule has 0 aliphatic heterocycles. The van der Waals surface area contributed by atoms with Gasteiger partial charge in [0.1, 0.15) is 5.75 Å². The smallest absolute Gasteiger partial charge is 0.249 e. The van der Waals surface area contributed by atoms with Crippen LogP contribution >= 0.6 is 11.3 Å². The normalized spacial score (nSPS) is 12.5. The Kier molecular flexibility index (Phi) is 5.93. The summed E-state index contributed by atoms with van der Waals surface area (Å²) in [6.45, 7) is 2.66. The van der Waals surface area contributed by atoms with Gasteiger partial charge in [-0.3, -0.25) is 4.79 Å². The molecule has 0 spiro atoms. The quantitative estimate of drug-likeness (QED) is 0.438. The summed E-state index contributed by atoms with van der Waals surface area (Å²) in [5.74, 6) is -0.164. The maximum absolute atomic E-state index is 12.6. The number of thiazole rings is 1. The Morgan fingerprint density at radius 1 is 1.06 bits per heavy atom. The van der Waals surface area contributed by atoms with Gasteiger partial charge < -0.3 is 9.30 Å². The second-order valence-corrected chi connectivity index (χ2v) is 10.1. The molecule has 0 atom stereocenters. The lowest BCUT2D eigenvalue weighted by Gasteiger charge is -2.04. The molecule has 0 saturated heterocycles. The molecule has 0 aliphatic rings. The number of carbonyl (C=O) groups is 1. The maximum Gasteiger partial charge on any atom is 0.249 e. The van der Waals surface area contributed by atoms with E-state index in [0.29, 0.717) is 17.1 Å². The maximum atomic E-state index is 12.6. The number of hydrogen-bond acceptors (Lipinski definition) is 5. The number of methoxy groups -OCH3 is 1. The number of ether oxygens (including phenoxy) is 1. The van der Waals surface area contributed by atoms with Gasteiger partial charge in [-0.25, -0.2) is 8.42 Å². The number of sulfone groups is 1. The van der Waals surface area contributed by atoms with Crippen molar-refractivity contribution in [2.75, 3.05) is 12.9 Å². The molecular weight excluding hydrogens is 432 g/mol. The van der Waals surface area contributed by atoms with E-state index in [1.54, 1.807) is 12.1 Å². The molecule has 3 aromatic carbocycles. The Balaban J connectivity index is 1.62. The van der Waals surface area contributed by atoms with Gasteiger partial charge in [0.15, 0.2) is 14.6 Å². The van der Waals surface area contributed by atoms with E-state index in [4.69, 9.17) is 4.74 Å². The van der Waals surface area contributed by atoms with Crippen LogP contribution in [0.1, 0.15) is 13.3 Å². The first kappa shape index (κ1) is 21.3. The third-order valence-electron chi connectivity index (χ3n) is 5.11. The number of hydrogen-bond donors (Lipinski definition) is 0. The molecule has 0 bridgehead atoms. The first-order chi connectivity index (χ1) is 14.9. The van der Waals surface area contributed by atoms with Gasteiger partial charge in [0.25, 0.3) is 0 Å². The number of aryl methyl sites for hydroxylation is 1. The molecule has 0 N–H and O–H groups in total. The van der Waals surface area contributed by atoms with E-state index in [-0.39, 0.29) is 17.1 Å². The van der Waals surface area contributed by atoms with Crippen molar-refractivity contribution in [1.29, 1.82) is 0 Å². The summed E-state index contributed by atoms with van der Waals surface area (Å²) < 4.78 is 33.2. The van der Waals surface area contributed by atoms with E-state index in [2.05, 4.69) is 23.2 Å². The van der Waals surface area contributed by atoms with Gasteiger partial charge in [0.05, 0.1) is 28.0 Å². The number of amides is 1. The summed E-state index contributed by atoms with van der Waals surface area (Å²) >= 11 is 1.45. The Bertz CT molecular complexity index is 1430. The Morgan fingerprint density at radius 3 is 2.52 bits per heavy atom. The molecule has 4 rings (SSSR count). The van der Waals surface area contributed by atoms with Crippen LogP contribution < -0.4 is 9.54 Å². The number of fused-ring (bicyclic) bond motifs is 3. The molecule has 0 unspecified atom stereocenters. The fourth-order valence-electron chi connectivity index (χ4n) is 3.47. The van der Waals surface area contributed by atoms with Crippen molar-refractivity contribution in [2.45, 2.75) is 24.8 Å². The fraction of sp³-hybridized carbons (Fsp3) is 0.217. The second-order valence-electron chi connectivity index (χ2n) is 7.01. The number of nitrogens with zero attached hydrogens (tertiary/aromatic N) is 2. The highest BCUT2D eigenvalue weighted by Gasteiger charge is 2.17. The van der Waals surface area contributed by atoms with Crippen molar-refractivity contribution >= 4 is 48.1 Å². The zero-order valence-corrected chi connectivity index (χ0v) is 18.9. The molecule has 1 aromatic heterocycles. The lowest BCUT2D eigenvalue weighted by atomic mass is 10.1. The van der Waals surface area contributed by atoms with Gasteiger partial charge in [-0.05, 0) is 42.6 Å². The molecule has 8 heteroatoms. The van der Waals surface area contributed by atoms with Crippen molar-refractivity contribution in [3.05, 3.63) is 65.5 Å². The molecular formula is C23H22N2O4S2. The third kappa shape index (κ3) is 4.26. The van der Waals surface area contributed by atoms with E-state index in [1.165, 1.54) is 30.6 Å². The SMILES string of the molecule is CCn1c(=NC(=O)CCS(=O)(=O)c2ccc(OC)cc2)sc2c3ccccc3ccc21. The minimum Gasteiger partial charge on any atom is -0.497 e. The summed E-state index contributed by atoms with van der Waals surface area (Å²) in [4.78, 5) is 17.5. The van der Waals surface area contributed by atoms with E-state index in [9.17, 15) is 13.2 Å². The van der Waals surface area contributed by atoms with Gasteiger partial charge in [-0.1, -0.05) is 41.7 Å². The van der Waals surface area contributed by atoms with E-state index in [0.717, 1.165) is 21.0 Å². The van der Waals surface area contributed by atoms with Crippen molar-refractivity contribution in [2.24, 2.45) is 4.99 Å². The van der Waals surface area contributed by atoms with Crippen LogP contribution in [0.15, 0.2) is 70.6 Å². The van der Waals surface area contributed by atoms with Gasteiger partial charge >= 0.3 is 0 Å². The van der Waals surface area contributed by atoms with Crippen molar-refractivity contribution in [3.8, 4) is 5.75 Å². The molecule has 0 aliphatic carbocycles. The Hall–Kier alpha value is -2.97. The van der Waals surface area contributed by atoms with Crippen LogP contribution in [0.3, 0.4) is 0 Å². The average Bonchev–Trinajstić information content (AvgIpc) is 3.15. The summed E-state index contributed by atoms with van der Waals surface area (Å²) in [5, 5.41) is 2.24. The molecule has 6 nitrogen and oxygen atoms in total. The molecule has 1 heterocycles. The predicted molar refractivity (Wildman–Crippen MR) is 123 cm³/mol. The standard InChI is InChI=1S/C23H22N2O4S2/c1-3-25-20-13-8-16-6-4-5-7-19(16)22(20)30-23(25)24-21(26)14-15-31(27,28)18-11-9-17(29-2)10-12-18/h4-13H,3,14-15H2,1-2H3. The van der Waals surface area contributed by atoms with Gasteiger partial charge in [-0.15, -0.1) is 0 Å². The number of benzene rings is 3. The minimum atomic E-state index is -3.58. The predicted octanol–water partition coefficient (Wildman–Crippen LogP) is 4.18. The van der Waals surface area contributed by atoms with Crippen LogP contribution in [0.25, 0.3) is 21.0 Å². The second kappa shape index (κ2) is 8.64. The molecule has 0 saturated carbocycles.